The average molecular weight is 511 g/mol. The van der Waals surface area contributed by atoms with Crippen LogP contribution in [0.3, 0.4) is 0 Å². The van der Waals surface area contributed by atoms with Gasteiger partial charge >= 0.3 is 0 Å². The Hall–Kier alpha value is -3.07. The molecule has 11 heteroatoms. The minimum absolute atomic E-state index is 0.0712. The van der Waals surface area contributed by atoms with Crippen molar-refractivity contribution < 1.29 is 4.79 Å². The van der Waals surface area contributed by atoms with Crippen LogP contribution >= 0.6 is 22.7 Å². The van der Waals surface area contributed by atoms with E-state index < -0.39 is 5.41 Å². The molecule has 0 saturated carbocycles. The van der Waals surface area contributed by atoms with Crippen molar-refractivity contribution >= 4 is 34.4 Å². The van der Waals surface area contributed by atoms with Crippen LogP contribution in [0.15, 0.2) is 40.1 Å². The highest BCUT2D eigenvalue weighted by molar-refractivity contribution is 7.15. The van der Waals surface area contributed by atoms with E-state index in [0.717, 1.165) is 53.2 Å². The number of amidine groups is 1. The number of carbonyl (C=O) groups excluding carboxylic acids is 1. The minimum atomic E-state index is -0.855. The zero-order valence-electron chi connectivity index (χ0n) is 19.8. The zero-order chi connectivity index (χ0) is 25.0. The van der Waals surface area contributed by atoms with Gasteiger partial charge in [-0.2, -0.15) is 5.26 Å². The van der Waals surface area contributed by atoms with Gasteiger partial charge in [-0.25, -0.2) is 0 Å². The highest BCUT2D eigenvalue weighted by atomic mass is 32.1. The molecule has 0 bridgehead atoms. The second-order valence-corrected chi connectivity index (χ2v) is 10.7. The molecule has 1 aliphatic heterocycles. The quantitative estimate of drug-likeness (QED) is 0.108. The Bertz CT molecular complexity index is 1190. The molecule has 2 atom stereocenters. The van der Waals surface area contributed by atoms with Gasteiger partial charge in [-0.3, -0.25) is 10.2 Å². The number of thiophene rings is 2. The Morgan fingerprint density at radius 1 is 1.43 bits per heavy atom. The first-order chi connectivity index (χ1) is 17.0. The van der Waals surface area contributed by atoms with E-state index in [2.05, 4.69) is 50.0 Å². The molecule has 2 aliphatic rings. The van der Waals surface area contributed by atoms with E-state index in [1.54, 1.807) is 18.4 Å². The molecule has 184 valence electrons. The van der Waals surface area contributed by atoms with Gasteiger partial charge in [0.15, 0.2) is 5.84 Å². The van der Waals surface area contributed by atoms with Gasteiger partial charge in [0.25, 0.3) is 5.91 Å². The summed E-state index contributed by atoms with van der Waals surface area (Å²) in [5.74, 6) is 5.35. The zero-order valence-corrected chi connectivity index (χ0v) is 21.4. The molecule has 1 amide bonds. The average Bonchev–Trinajstić information content (AvgIpc) is 3.61. The van der Waals surface area contributed by atoms with Crippen molar-refractivity contribution in [2.24, 2.45) is 16.2 Å². The maximum absolute atomic E-state index is 12.5. The number of fused-ring (bicyclic) bond motifs is 2. The number of amides is 1. The summed E-state index contributed by atoms with van der Waals surface area (Å²) in [5.41, 5.74) is 2.30. The van der Waals surface area contributed by atoms with Gasteiger partial charge in [-0.05, 0) is 67.3 Å². The maximum atomic E-state index is 12.5. The lowest BCUT2D eigenvalue weighted by Gasteiger charge is -2.32. The highest BCUT2D eigenvalue weighted by Gasteiger charge is 2.46. The molecule has 2 aromatic rings. The number of hydrogen-bond acceptors (Lipinski definition) is 8. The Kier molecular flexibility index (Phi) is 7.64. The fourth-order valence-electron chi connectivity index (χ4n) is 5.08. The molecule has 0 radical (unpaired) electrons. The number of likely N-dealkylation sites (tertiary alicyclic amines) is 1. The summed E-state index contributed by atoms with van der Waals surface area (Å²) < 4.78 is 0. The second-order valence-electron chi connectivity index (χ2n) is 8.76. The third kappa shape index (κ3) is 4.61. The van der Waals surface area contributed by atoms with Crippen molar-refractivity contribution in [3.05, 3.63) is 55.5 Å². The molecular formula is C24H30N8OS2. The van der Waals surface area contributed by atoms with E-state index in [1.165, 1.54) is 16.9 Å². The summed E-state index contributed by atoms with van der Waals surface area (Å²) in [6, 6.07) is 6.31. The minimum Gasteiger partial charge on any atom is -0.358 e. The van der Waals surface area contributed by atoms with Gasteiger partial charge in [-0.15, -0.1) is 27.8 Å². The van der Waals surface area contributed by atoms with Crippen LogP contribution in [-0.4, -0.2) is 49.4 Å². The summed E-state index contributed by atoms with van der Waals surface area (Å²) in [5, 5.41) is 34.1. The molecule has 9 nitrogen and oxygen atoms in total. The van der Waals surface area contributed by atoms with Crippen LogP contribution in [0.5, 0.6) is 0 Å². The Morgan fingerprint density at radius 3 is 2.97 bits per heavy atom. The van der Waals surface area contributed by atoms with Crippen molar-refractivity contribution in [2.45, 2.75) is 43.6 Å². The molecule has 5 N–H and O–H groups in total. The number of nitrogens with one attached hydrogen (secondary N) is 3. The lowest BCUT2D eigenvalue weighted by atomic mass is 9.78. The second kappa shape index (κ2) is 10.7. The molecule has 0 spiro atoms. The van der Waals surface area contributed by atoms with Crippen molar-refractivity contribution in [3.63, 3.8) is 0 Å². The van der Waals surface area contributed by atoms with Crippen molar-refractivity contribution in [1.29, 1.82) is 10.7 Å². The molecule has 3 heterocycles. The number of nitrogens with zero attached hydrogens (tertiary/aromatic N) is 4. The number of hydrogen-bond donors (Lipinski definition) is 4. The normalized spacial score (nSPS) is 21.3. The smallest absolute Gasteiger partial charge is 0.261 e. The standard InChI is InChI=1S/C24H30N8OS2/c1-15(32-10-3-4-18(32)13-25)14-29-9-8-24(23(26)30-31-27)20-16(7-11-34-20)5-6-17-12-19(22(33)28-2)35-21(17)24/h7,11-12,18,29H,1,3-6,8-10,14H2,2H3,(H,28,33)(H3,26,27,30). The summed E-state index contributed by atoms with van der Waals surface area (Å²) >= 11 is 3.03. The fraction of sp³-hybridized carbons (Fsp3) is 0.458. The number of aryl methyl sites for hydroxylation is 2. The predicted molar refractivity (Wildman–Crippen MR) is 139 cm³/mol. The fourth-order valence-corrected chi connectivity index (χ4v) is 7.72. The van der Waals surface area contributed by atoms with Crippen LogP contribution in [0.1, 0.15) is 49.8 Å². The van der Waals surface area contributed by atoms with Crippen LogP contribution in [0.25, 0.3) is 0 Å². The van der Waals surface area contributed by atoms with Gasteiger partial charge in [0.1, 0.15) is 11.5 Å². The monoisotopic (exact) mass is 510 g/mol. The van der Waals surface area contributed by atoms with Gasteiger partial charge < -0.3 is 21.4 Å². The van der Waals surface area contributed by atoms with E-state index in [9.17, 15) is 10.1 Å². The van der Waals surface area contributed by atoms with Crippen LogP contribution < -0.4 is 16.5 Å². The number of nitriles is 1. The molecule has 1 saturated heterocycles. The summed E-state index contributed by atoms with van der Waals surface area (Å²) in [6.07, 6.45) is 4.04. The highest BCUT2D eigenvalue weighted by Crippen LogP contribution is 2.49. The van der Waals surface area contributed by atoms with E-state index in [0.29, 0.717) is 24.4 Å². The van der Waals surface area contributed by atoms with Crippen LogP contribution in [0.2, 0.25) is 0 Å². The number of carbonyl (C=O) groups is 1. The predicted octanol–water partition coefficient (Wildman–Crippen LogP) is 3.34. The van der Waals surface area contributed by atoms with Gasteiger partial charge in [0.05, 0.1) is 10.9 Å². The molecule has 2 unspecified atom stereocenters. The van der Waals surface area contributed by atoms with E-state index in [4.69, 9.17) is 11.3 Å². The van der Waals surface area contributed by atoms with Crippen molar-refractivity contribution in [1.82, 2.24) is 15.5 Å². The Balaban J connectivity index is 1.65. The Labute approximate surface area is 213 Å². The van der Waals surface area contributed by atoms with Crippen molar-refractivity contribution in [3.8, 4) is 6.07 Å². The summed E-state index contributed by atoms with van der Waals surface area (Å²) in [6.45, 7) is 6.18. The molecule has 35 heavy (non-hydrogen) atoms. The van der Waals surface area contributed by atoms with Gasteiger partial charge in [-0.1, -0.05) is 11.8 Å². The molecule has 1 fully saturated rings. The topological polar surface area (TPSA) is 143 Å². The van der Waals surface area contributed by atoms with Gasteiger partial charge in [0, 0.05) is 35.6 Å². The van der Waals surface area contributed by atoms with E-state index in [-0.39, 0.29) is 17.8 Å². The van der Waals surface area contributed by atoms with Crippen LogP contribution in [0.4, 0.5) is 0 Å². The number of rotatable bonds is 8. The molecule has 1 aliphatic carbocycles. The van der Waals surface area contributed by atoms with E-state index in [1.807, 2.05) is 6.07 Å². The first kappa shape index (κ1) is 25.0. The first-order valence-corrected chi connectivity index (χ1v) is 13.3. The summed E-state index contributed by atoms with van der Waals surface area (Å²) in [4.78, 5) is 17.2. The summed E-state index contributed by atoms with van der Waals surface area (Å²) in [7, 11) is 1.62. The van der Waals surface area contributed by atoms with Crippen LogP contribution in [-0.2, 0) is 18.3 Å². The first-order valence-electron chi connectivity index (χ1n) is 11.6. The maximum Gasteiger partial charge on any atom is 0.261 e. The van der Waals surface area contributed by atoms with Crippen molar-refractivity contribution in [2.75, 3.05) is 26.7 Å². The molecule has 2 aromatic heterocycles. The SMILES string of the molecule is C=C(CNCCC1(C(=N)/N=N\N)c2sccc2CCc2cc(C(=O)NC)sc21)N1CCCC1C#N. The lowest BCUT2D eigenvalue weighted by Crippen LogP contribution is -2.39. The molecular weight excluding hydrogens is 480 g/mol. The molecule has 4 rings (SSSR count). The Morgan fingerprint density at radius 2 is 2.23 bits per heavy atom. The number of nitrogens with two attached hydrogens (primary N) is 1. The third-order valence-electron chi connectivity index (χ3n) is 6.82. The van der Waals surface area contributed by atoms with Crippen LogP contribution in [0, 0.1) is 16.7 Å². The van der Waals surface area contributed by atoms with Gasteiger partial charge in [0.2, 0.25) is 0 Å². The third-order valence-corrected chi connectivity index (χ3v) is 9.28. The van der Waals surface area contributed by atoms with E-state index >= 15 is 0 Å². The molecule has 0 aromatic carbocycles. The largest absolute Gasteiger partial charge is 0.358 e. The lowest BCUT2D eigenvalue weighted by molar-refractivity contribution is 0.0967.